The van der Waals surface area contributed by atoms with Gasteiger partial charge in [0.2, 0.25) is 0 Å². The predicted molar refractivity (Wildman–Crippen MR) is 35.2 cm³/mol. The molecule has 1 heterocycles. The monoisotopic (exact) mass is 130 g/mol. The van der Waals surface area contributed by atoms with Crippen molar-refractivity contribution in [3.8, 4) is 0 Å². The van der Waals surface area contributed by atoms with Crippen molar-refractivity contribution in [3.63, 3.8) is 0 Å². The molecule has 1 rings (SSSR count). The van der Waals surface area contributed by atoms with Gasteiger partial charge in [0.25, 0.3) is 0 Å². The van der Waals surface area contributed by atoms with Crippen molar-refractivity contribution < 1.29 is 9.84 Å². The Hall–Kier alpha value is -0.0800. The van der Waals surface area contributed by atoms with E-state index < -0.39 is 0 Å². The molecule has 1 N–H and O–H groups in total. The fourth-order valence-electron chi connectivity index (χ4n) is 1.17. The molecule has 0 aromatic rings. The molecule has 1 aliphatic rings. The first-order valence-corrected chi connectivity index (χ1v) is 3.53. The molecular weight excluding hydrogens is 116 g/mol. The minimum Gasteiger partial charge on any atom is -0.390 e. The van der Waals surface area contributed by atoms with E-state index in [0.717, 1.165) is 12.8 Å². The Bertz CT molecular complexity index is 92.9. The summed E-state index contributed by atoms with van der Waals surface area (Å²) in [6.45, 7) is 3.96. The fraction of sp³-hybridized carbons (Fsp3) is 1.00. The molecule has 0 aromatic carbocycles. The Morgan fingerprint density at radius 1 is 1.33 bits per heavy atom. The van der Waals surface area contributed by atoms with Crippen LogP contribution in [0.2, 0.25) is 0 Å². The summed E-state index contributed by atoms with van der Waals surface area (Å²) in [5.41, 5.74) is 0. The van der Waals surface area contributed by atoms with Gasteiger partial charge in [0.05, 0.1) is 18.3 Å². The minimum atomic E-state index is -0.235. The van der Waals surface area contributed by atoms with E-state index in [1.54, 1.807) is 0 Å². The lowest BCUT2D eigenvalue weighted by molar-refractivity contribution is -0.101. The zero-order valence-electron chi connectivity index (χ0n) is 6.00. The topological polar surface area (TPSA) is 29.5 Å². The van der Waals surface area contributed by atoms with Crippen LogP contribution in [0, 0.1) is 0 Å². The van der Waals surface area contributed by atoms with Crippen LogP contribution in [-0.4, -0.2) is 23.4 Å². The van der Waals surface area contributed by atoms with Gasteiger partial charge in [0, 0.05) is 0 Å². The highest BCUT2D eigenvalue weighted by molar-refractivity contribution is 4.72. The highest BCUT2D eigenvalue weighted by Gasteiger charge is 2.23. The molecule has 2 nitrogen and oxygen atoms in total. The minimum absolute atomic E-state index is 0.0359. The maximum Gasteiger partial charge on any atom is 0.0809 e. The van der Waals surface area contributed by atoms with Crippen molar-refractivity contribution in [1.82, 2.24) is 0 Å². The van der Waals surface area contributed by atoms with Gasteiger partial charge in [-0.3, -0.25) is 0 Å². The van der Waals surface area contributed by atoms with E-state index in [0.29, 0.717) is 6.10 Å². The van der Waals surface area contributed by atoms with E-state index in [2.05, 4.69) is 0 Å². The molecule has 1 fully saturated rings. The van der Waals surface area contributed by atoms with Crippen molar-refractivity contribution in [2.75, 3.05) is 0 Å². The molecule has 54 valence electrons. The lowest BCUT2D eigenvalue weighted by Gasteiger charge is -2.29. The van der Waals surface area contributed by atoms with Gasteiger partial charge in [-0.1, -0.05) is 0 Å². The van der Waals surface area contributed by atoms with Crippen molar-refractivity contribution in [3.05, 3.63) is 0 Å². The van der Waals surface area contributed by atoms with Crippen LogP contribution in [0.3, 0.4) is 0 Å². The Kier molecular flexibility index (Phi) is 2.09. The lowest BCUT2D eigenvalue weighted by atomic mass is 10.0. The first-order chi connectivity index (χ1) is 4.20. The van der Waals surface area contributed by atoms with Crippen LogP contribution < -0.4 is 0 Å². The molecule has 0 amide bonds. The third-order valence-electron chi connectivity index (χ3n) is 1.86. The molecule has 1 saturated heterocycles. The number of aliphatic hydroxyl groups excluding tert-OH is 1. The second kappa shape index (κ2) is 2.67. The highest BCUT2D eigenvalue weighted by atomic mass is 16.5. The lowest BCUT2D eigenvalue weighted by Crippen LogP contribution is -2.35. The van der Waals surface area contributed by atoms with Crippen molar-refractivity contribution in [2.45, 2.75) is 45.0 Å². The summed E-state index contributed by atoms with van der Waals surface area (Å²) in [5, 5.41) is 9.17. The second-order valence-corrected chi connectivity index (χ2v) is 2.80. The molecular formula is C7H14O2. The van der Waals surface area contributed by atoms with Crippen molar-refractivity contribution in [2.24, 2.45) is 0 Å². The van der Waals surface area contributed by atoms with Gasteiger partial charge in [-0.2, -0.15) is 0 Å². The zero-order chi connectivity index (χ0) is 6.85. The maximum atomic E-state index is 9.17. The zero-order valence-corrected chi connectivity index (χ0v) is 6.00. The molecule has 0 saturated carbocycles. The Labute approximate surface area is 55.8 Å². The molecule has 3 atom stereocenters. The first-order valence-electron chi connectivity index (χ1n) is 3.53. The van der Waals surface area contributed by atoms with Crippen LogP contribution in [0.25, 0.3) is 0 Å². The van der Waals surface area contributed by atoms with Gasteiger partial charge >= 0.3 is 0 Å². The van der Waals surface area contributed by atoms with Gasteiger partial charge in [-0.05, 0) is 26.7 Å². The molecule has 2 unspecified atom stereocenters. The van der Waals surface area contributed by atoms with Gasteiger partial charge in [0.15, 0.2) is 0 Å². The van der Waals surface area contributed by atoms with Crippen LogP contribution in [0.4, 0.5) is 0 Å². The third-order valence-corrected chi connectivity index (χ3v) is 1.86. The Balaban J connectivity index is 2.35. The van der Waals surface area contributed by atoms with Crippen LogP contribution in [-0.2, 0) is 4.74 Å². The molecule has 0 aliphatic carbocycles. The number of rotatable bonds is 0. The van der Waals surface area contributed by atoms with Crippen molar-refractivity contribution in [1.29, 1.82) is 0 Å². The smallest absolute Gasteiger partial charge is 0.0809 e. The number of hydrogen-bond acceptors (Lipinski definition) is 2. The molecule has 9 heavy (non-hydrogen) atoms. The third kappa shape index (κ3) is 1.66. The van der Waals surface area contributed by atoms with Crippen LogP contribution in [0.1, 0.15) is 26.7 Å². The summed E-state index contributed by atoms with van der Waals surface area (Å²) < 4.78 is 5.35. The summed E-state index contributed by atoms with van der Waals surface area (Å²) in [5.74, 6) is 0. The quantitative estimate of drug-likeness (QED) is 0.528. The van der Waals surface area contributed by atoms with Crippen LogP contribution in [0.5, 0.6) is 0 Å². The van der Waals surface area contributed by atoms with E-state index in [-0.39, 0.29) is 12.2 Å². The van der Waals surface area contributed by atoms with Crippen LogP contribution in [0.15, 0.2) is 0 Å². The van der Waals surface area contributed by atoms with Gasteiger partial charge in [-0.15, -0.1) is 0 Å². The van der Waals surface area contributed by atoms with Gasteiger partial charge < -0.3 is 9.84 Å². The molecule has 0 bridgehead atoms. The standard InChI is InChI=1S/C7H14O2/c1-5-3-4-7(8)6(2)9-5/h5-8H,3-4H2,1-2H3/t5?,6-,7?/m0/s1. The average molecular weight is 130 g/mol. The highest BCUT2D eigenvalue weighted by Crippen LogP contribution is 2.18. The Morgan fingerprint density at radius 2 is 2.00 bits per heavy atom. The van der Waals surface area contributed by atoms with E-state index in [1.165, 1.54) is 0 Å². The molecule has 0 radical (unpaired) electrons. The van der Waals surface area contributed by atoms with E-state index in [4.69, 9.17) is 4.74 Å². The normalized spacial score (nSPS) is 45.0. The molecule has 2 heteroatoms. The molecule has 0 aromatic heterocycles. The maximum absolute atomic E-state index is 9.17. The second-order valence-electron chi connectivity index (χ2n) is 2.80. The van der Waals surface area contributed by atoms with E-state index in [1.807, 2.05) is 13.8 Å². The first kappa shape index (κ1) is 7.03. The molecule has 0 spiro atoms. The summed E-state index contributed by atoms with van der Waals surface area (Å²) in [6, 6.07) is 0. The number of hydrogen-bond donors (Lipinski definition) is 1. The Morgan fingerprint density at radius 3 is 2.44 bits per heavy atom. The van der Waals surface area contributed by atoms with Gasteiger partial charge in [-0.25, -0.2) is 0 Å². The summed E-state index contributed by atoms with van der Waals surface area (Å²) >= 11 is 0. The van der Waals surface area contributed by atoms with Crippen molar-refractivity contribution >= 4 is 0 Å². The molecule has 1 aliphatic heterocycles. The van der Waals surface area contributed by atoms with E-state index in [9.17, 15) is 5.11 Å². The van der Waals surface area contributed by atoms with E-state index >= 15 is 0 Å². The average Bonchev–Trinajstić information content (AvgIpc) is 1.80. The number of ether oxygens (including phenoxy) is 1. The SMILES string of the molecule is CC1CCC(O)[C@H](C)O1. The fourth-order valence-corrected chi connectivity index (χ4v) is 1.17. The summed E-state index contributed by atoms with van der Waals surface area (Å²) in [7, 11) is 0. The summed E-state index contributed by atoms with van der Waals surface area (Å²) in [6.07, 6.45) is 2.02. The largest absolute Gasteiger partial charge is 0.390 e. The summed E-state index contributed by atoms with van der Waals surface area (Å²) in [4.78, 5) is 0. The van der Waals surface area contributed by atoms with Gasteiger partial charge in [0.1, 0.15) is 0 Å². The van der Waals surface area contributed by atoms with Crippen LogP contribution >= 0.6 is 0 Å². The predicted octanol–water partition coefficient (Wildman–Crippen LogP) is 0.935. The number of aliphatic hydroxyl groups is 1.